The van der Waals surface area contributed by atoms with E-state index in [4.69, 9.17) is 14.6 Å². The van der Waals surface area contributed by atoms with E-state index in [1.165, 1.54) is 0 Å². The lowest BCUT2D eigenvalue weighted by atomic mass is 9.92. The molecule has 1 rings (SSSR count). The molecule has 0 aromatic rings. The highest BCUT2D eigenvalue weighted by molar-refractivity contribution is 5.69. The van der Waals surface area contributed by atoms with Crippen molar-refractivity contribution in [3.8, 4) is 0 Å². The fraction of sp³-hybridized carbons (Fsp3) is 0.909. The van der Waals surface area contributed by atoms with Gasteiger partial charge in [0.25, 0.3) is 0 Å². The van der Waals surface area contributed by atoms with E-state index in [1.54, 1.807) is 6.92 Å². The van der Waals surface area contributed by atoms with Crippen LogP contribution in [-0.2, 0) is 14.3 Å². The average Bonchev–Trinajstić information content (AvgIpc) is 2.30. The minimum absolute atomic E-state index is 0.273. The molecule has 0 saturated carbocycles. The van der Waals surface area contributed by atoms with Crippen LogP contribution >= 0.6 is 0 Å². The number of carbonyl (C=O) groups is 1. The largest absolute Gasteiger partial charge is 0.435 e. The van der Waals surface area contributed by atoms with Crippen molar-refractivity contribution in [2.24, 2.45) is 5.92 Å². The minimum Gasteiger partial charge on any atom is -0.435 e. The molecule has 0 bridgehead atoms. The Hall–Kier alpha value is -0.690. The summed E-state index contributed by atoms with van der Waals surface area (Å²) in [5, 5.41) is 28.3. The number of aliphatic hydroxyl groups is 3. The maximum Gasteiger partial charge on any atom is 0.308 e. The summed E-state index contributed by atoms with van der Waals surface area (Å²) in [6.07, 6.45) is -3.18. The second-order valence-electron chi connectivity index (χ2n) is 4.31. The first-order valence-corrected chi connectivity index (χ1v) is 5.83. The molecule has 3 unspecified atom stereocenters. The molecule has 100 valence electrons. The average molecular weight is 248 g/mol. The molecule has 1 saturated heterocycles. The van der Waals surface area contributed by atoms with Gasteiger partial charge < -0.3 is 24.8 Å². The van der Waals surface area contributed by atoms with E-state index in [1.807, 2.05) is 6.92 Å². The van der Waals surface area contributed by atoms with Crippen molar-refractivity contribution in [2.75, 3.05) is 6.61 Å². The van der Waals surface area contributed by atoms with Gasteiger partial charge in [-0.3, -0.25) is 4.79 Å². The molecule has 1 heterocycles. The summed E-state index contributed by atoms with van der Waals surface area (Å²) >= 11 is 0. The van der Waals surface area contributed by atoms with E-state index in [2.05, 4.69) is 0 Å². The number of rotatable bonds is 4. The quantitative estimate of drug-likeness (QED) is 0.575. The van der Waals surface area contributed by atoms with Crippen LogP contribution in [0.25, 0.3) is 0 Å². The van der Waals surface area contributed by atoms with Gasteiger partial charge in [-0.1, -0.05) is 13.8 Å². The molecule has 5 atom stereocenters. The van der Waals surface area contributed by atoms with Crippen LogP contribution in [0.15, 0.2) is 0 Å². The Morgan fingerprint density at radius 3 is 2.53 bits per heavy atom. The molecule has 0 aromatic carbocycles. The molecule has 6 nitrogen and oxygen atoms in total. The lowest BCUT2D eigenvalue weighted by Gasteiger charge is -2.40. The maximum atomic E-state index is 11.3. The van der Waals surface area contributed by atoms with E-state index >= 15 is 0 Å². The first-order chi connectivity index (χ1) is 8.01. The van der Waals surface area contributed by atoms with Crippen molar-refractivity contribution in [1.29, 1.82) is 0 Å². The summed E-state index contributed by atoms with van der Waals surface area (Å²) in [6.45, 7) is 3.03. The van der Waals surface area contributed by atoms with E-state index < -0.39 is 43.1 Å². The van der Waals surface area contributed by atoms with Crippen LogP contribution in [0.1, 0.15) is 26.7 Å². The van der Waals surface area contributed by atoms with Crippen LogP contribution < -0.4 is 0 Å². The van der Waals surface area contributed by atoms with Crippen LogP contribution in [0, 0.1) is 5.92 Å². The predicted molar refractivity (Wildman–Crippen MR) is 57.9 cm³/mol. The summed E-state index contributed by atoms with van der Waals surface area (Å²) in [5.41, 5.74) is 0. The predicted octanol–water partition coefficient (Wildman–Crippen LogP) is -0.595. The number of ether oxygens (including phenoxy) is 2. The van der Waals surface area contributed by atoms with E-state index in [0.717, 1.165) is 0 Å². The van der Waals surface area contributed by atoms with Crippen LogP contribution in [0.2, 0.25) is 0 Å². The fourth-order valence-electron chi connectivity index (χ4n) is 1.75. The third-order valence-corrected chi connectivity index (χ3v) is 2.89. The van der Waals surface area contributed by atoms with Gasteiger partial charge in [0.15, 0.2) is 0 Å². The van der Waals surface area contributed by atoms with Gasteiger partial charge in [-0.05, 0) is 6.42 Å². The minimum atomic E-state index is -1.17. The molecule has 6 heteroatoms. The summed E-state index contributed by atoms with van der Waals surface area (Å²) < 4.78 is 10.3. The monoisotopic (exact) mass is 248 g/mol. The number of esters is 1. The van der Waals surface area contributed by atoms with Gasteiger partial charge in [0.1, 0.15) is 12.2 Å². The molecule has 0 amide bonds. The Bertz CT molecular complexity index is 254. The van der Waals surface area contributed by atoms with Crippen LogP contribution in [0.4, 0.5) is 0 Å². The normalized spacial score (nSPS) is 37.8. The lowest BCUT2D eigenvalue weighted by Crippen LogP contribution is -2.55. The SMILES string of the molecule is CCCC(=O)O[C@@H]1OC(CO)[C@@H](O)C(O)C1C. The van der Waals surface area contributed by atoms with E-state index in [-0.39, 0.29) is 6.42 Å². The van der Waals surface area contributed by atoms with Crippen molar-refractivity contribution >= 4 is 5.97 Å². The highest BCUT2D eigenvalue weighted by Gasteiger charge is 2.43. The third kappa shape index (κ3) is 3.38. The number of aliphatic hydroxyl groups excluding tert-OH is 3. The molecule has 3 N–H and O–H groups in total. The van der Waals surface area contributed by atoms with Crippen molar-refractivity contribution < 1.29 is 29.6 Å². The van der Waals surface area contributed by atoms with Crippen LogP contribution in [0.5, 0.6) is 0 Å². The van der Waals surface area contributed by atoms with Crippen molar-refractivity contribution in [3.05, 3.63) is 0 Å². The third-order valence-electron chi connectivity index (χ3n) is 2.89. The van der Waals surface area contributed by atoms with Crippen molar-refractivity contribution in [2.45, 2.75) is 51.3 Å². The Morgan fingerprint density at radius 1 is 1.35 bits per heavy atom. The molecule has 1 aliphatic heterocycles. The van der Waals surface area contributed by atoms with Gasteiger partial charge in [0, 0.05) is 12.3 Å². The molecular formula is C11H20O6. The first kappa shape index (κ1) is 14.4. The zero-order valence-corrected chi connectivity index (χ0v) is 10.1. The van der Waals surface area contributed by atoms with Crippen LogP contribution in [-0.4, -0.2) is 52.5 Å². The molecule has 0 aromatic heterocycles. The summed E-state index contributed by atoms with van der Waals surface area (Å²) in [7, 11) is 0. The number of hydrogen-bond donors (Lipinski definition) is 3. The Labute approximate surface area is 100 Å². The summed E-state index contributed by atoms with van der Waals surface area (Å²) in [4.78, 5) is 11.3. The lowest BCUT2D eigenvalue weighted by molar-refractivity contribution is -0.274. The highest BCUT2D eigenvalue weighted by atomic mass is 16.7. The fourth-order valence-corrected chi connectivity index (χ4v) is 1.75. The van der Waals surface area contributed by atoms with Gasteiger partial charge in [-0.15, -0.1) is 0 Å². The summed E-state index contributed by atoms with van der Waals surface area (Å²) in [6, 6.07) is 0. The molecule has 17 heavy (non-hydrogen) atoms. The standard InChI is InChI=1S/C11H20O6/c1-3-4-8(13)17-11-6(2)9(14)10(15)7(5-12)16-11/h6-7,9-12,14-15H,3-5H2,1-2H3/t6?,7?,9?,10-,11+/m1/s1. The highest BCUT2D eigenvalue weighted by Crippen LogP contribution is 2.26. The molecule has 0 aliphatic carbocycles. The molecule has 0 radical (unpaired) electrons. The molecular weight excluding hydrogens is 228 g/mol. The molecule has 0 spiro atoms. The van der Waals surface area contributed by atoms with Gasteiger partial charge >= 0.3 is 5.97 Å². The summed E-state index contributed by atoms with van der Waals surface area (Å²) in [5.74, 6) is -0.946. The Morgan fingerprint density at radius 2 is 2.00 bits per heavy atom. The first-order valence-electron chi connectivity index (χ1n) is 5.83. The molecule has 1 fully saturated rings. The van der Waals surface area contributed by atoms with Crippen molar-refractivity contribution in [3.63, 3.8) is 0 Å². The number of carbonyl (C=O) groups excluding carboxylic acids is 1. The zero-order chi connectivity index (χ0) is 13.0. The van der Waals surface area contributed by atoms with E-state index in [0.29, 0.717) is 6.42 Å². The maximum absolute atomic E-state index is 11.3. The van der Waals surface area contributed by atoms with Gasteiger partial charge in [-0.25, -0.2) is 0 Å². The topological polar surface area (TPSA) is 96.2 Å². The Kier molecular flexibility index (Phi) is 5.32. The van der Waals surface area contributed by atoms with Gasteiger partial charge in [0.2, 0.25) is 6.29 Å². The zero-order valence-electron chi connectivity index (χ0n) is 10.1. The van der Waals surface area contributed by atoms with Gasteiger partial charge in [0.05, 0.1) is 12.7 Å². The number of hydrogen-bond acceptors (Lipinski definition) is 6. The molecule has 1 aliphatic rings. The second-order valence-corrected chi connectivity index (χ2v) is 4.31. The van der Waals surface area contributed by atoms with Crippen LogP contribution in [0.3, 0.4) is 0 Å². The van der Waals surface area contributed by atoms with Crippen molar-refractivity contribution in [1.82, 2.24) is 0 Å². The smallest absolute Gasteiger partial charge is 0.308 e. The van der Waals surface area contributed by atoms with E-state index in [9.17, 15) is 15.0 Å². The van der Waals surface area contributed by atoms with Gasteiger partial charge in [-0.2, -0.15) is 0 Å². The Balaban J connectivity index is 2.62. The second kappa shape index (κ2) is 6.30.